The van der Waals surface area contributed by atoms with E-state index < -0.39 is 5.82 Å². The van der Waals surface area contributed by atoms with Crippen molar-refractivity contribution in [3.63, 3.8) is 0 Å². The molecule has 1 fully saturated rings. The summed E-state index contributed by atoms with van der Waals surface area (Å²) in [5.74, 6) is -0.498. The Labute approximate surface area is 109 Å². The topological polar surface area (TPSA) is 91.8 Å². The number of hydrogen-bond donors (Lipinski definition) is 2. The fourth-order valence-corrected chi connectivity index (χ4v) is 2.12. The summed E-state index contributed by atoms with van der Waals surface area (Å²) in [7, 11) is 0. The van der Waals surface area contributed by atoms with Crippen LogP contribution in [0.15, 0.2) is 23.5 Å². The molecule has 0 radical (unpaired) electrons. The number of amidine groups is 1. The number of piperidine rings is 1. The van der Waals surface area contributed by atoms with Gasteiger partial charge < -0.3 is 15.8 Å². The first-order valence-corrected chi connectivity index (χ1v) is 6.00. The Morgan fingerprint density at radius 1 is 1.47 bits per heavy atom. The van der Waals surface area contributed by atoms with Crippen LogP contribution in [0.2, 0.25) is 0 Å². The minimum atomic E-state index is -0.470. The predicted octanol–water partition coefficient (Wildman–Crippen LogP) is 0.819. The fraction of sp³-hybridized carbons (Fsp3) is 0.417. The van der Waals surface area contributed by atoms with E-state index in [2.05, 4.69) is 10.1 Å². The number of nitrogens with zero attached hydrogens (tertiary/aromatic N) is 3. The molecule has 19 heavy (non-hydrogen) atoms. The molecule has 2 heterocycles. The molecular formula is C12H15FN4O2. The number of hydrogen-bond acceptors (Lipinski definition) is 4. The van der Waals surface area contributed by atoms with Crippen LogP contribution in [0.4, 0.5) is 4.39 Å². The second-order valence-electron chi connectivity index (χ2n) is 4.45. The van der Waals surface area contributed by atoms with E-state index in [9.17, 15) is 9.18 Å². The van der Waals surface area contributed by atoms with Crippen molar-refractivity contribution >= 4 is 11.7 Å². The number of rotatable bonds is 2. The number of aromatic nitrogens is 1. The van der Waals surface area contributed by atoms with Crippen molar-refractivity contribution in [1.82, 2.24) is 9.88 Å². The van der Waals surface area contributed by atoms with Crippen molar-refractivity contribution in [2.45, 2.75) is 12.8 Å². The molecule has 102 valence electrons. The van der Waals surface area contributed by atoms with Crippen LogP contribution in [0.1, 0.15) is 23.3 Å². The molecule has 0 unspecified atom stereocenters. The van der Waals surface area contributed by atoms with Gasteiger partial charge in [-0.1, -0.05) is 5.16 Å². The molecule has 6 nitrogen and oxygen atoms in total. The van der Waals surface area contributed by atoms with Crippen LogP contribution >= 0.6 is 0 Å². The van der Waals surface area contributed by atoms with E-state index in [1.807, 2.05) is 0 Å². The van der Waals surface area contributed by atoms with Crippen molar-refractivity contribution in [1.29, 1.82) is 0 Å². The van der Waals surface area contributed by atoms with Gasteiger partial charge in [0.1, 0.15) is 17.3 Å². The third kappa shape index (κ3) is 2.98. The molecule has 0 bridgehead atoms. The number of carbonyl (C=O) groups excluding carboxylic acids is 1. The van der Waals surface area contributed by atoms with Crippen LogP contribution in [0.25, 0.3) is 0 Å². The quantitative estimate of drug-likeness (QED) is 0.359. The fourth-order valence-electron chi connectivity index (χ4n) is 2.12. The lowest BCUT2D eigenvalue weighted by atomic mass is 9.95. The first-order valence-electron chi connectivity index (χ1n) is 6.00. The van der Waals surface area contributed by atoms with Crippen molar-refractivity contribution in [2.24, 2.45) is 16.8 Å². The van der Waals surface area contributed by atoms with Gasteiger partial charge in [0.05, 0.1) is 6.20 Å². The Hall–Kier alpha value is -2.18. The highest BCUT2D eigenvalue weighted by molar-refractivity contribution is 5.92. The summed E-state index contributed by atoms with van der Waals surface area (Å²) in [6.07, 6.45) is 2.31. The molecule has 3 N–H and O–H groups in total. The standard InChI is InChI=1S/C12H15FN4O2/c13-9-1-2-10(15-7-9)12(18)17-5-3-8(4-6-17)11(14)16-19/h1-2,7-8,19H,3-6H2,(H2,14,16). The van der Waals surface area contributed by atoms with Crippen LogP contribution in [0.5, 0.6) is 0 Å². The van der Waals surface area contributed by atoms with E-state index in [-0.39, 0.29) is 23.4 Å². The molecule has 1 aliphatic heterocycles. The van der Waals surface area contributed by atoms with Gasteiger partial charge in [0.15, 0.2) is 0 Å². The maximum absolute atomic E-state index is 12.7. The van der Waals surface area contributed by atoms with Gasteiger partial charge in [-0.25, -0.2) is 9.37 Å². The van der Waals surface area contributed by atoms with E-state index in [0.29, 0.717) is 25.9 Å². The molecule has 1 aromatic rings. The van der Waals surface area contributed by atoms with Crippen molar-refractivity contribution < 1.29 is 14.4 Å². The van der Waals surface area contributed by atoms with Gasteiger partial charge in [-0.15, -0.1) is 0 Å². The maximum atomic E-state index is 12.7. The van der Waals surface area contributed by atoms with E-state index in [4.69, 9.17) is 10.9 Å². The normalized spacial score (nSPS) is 17.5. The average molecular weight is 266 g/mol. The second-order valence-corrected chi connectivity index (χ2v) is 4.45. The summed E-state index contributed by atoms with van der Waals surface area (Å²) in [6.45, 7) is 1.03. The third-order valence-corrected chi connectivity index (χ3v) is 3.26. The van der Waals surface area contributed by atoms with Gasteiger partial charge in [-0.3, -0.25) is 4.79 Å². The lowest BCUT2D eigenvalue weighted by Crippen LogP contribution is -2.42. The number of pyridine rings is 1. The highest BCUT2D eigenvalue weighted by atomic mass is 19.1. The Kier molecular flexibility index (Phi) is 3.94. The van der Waals surface area contributed by atoms with Crippen LogP contribution in [0, 0.1) is 11.7 Å². The van der Waals surface area contributed by atoms with Crippen molar-refractivity contribution in [2.75, 3.05) is 13.1 Å². The van der Waals surface area contributed by atoms with Gasteiger partial charge in [0, 0.05) is 19.0 Å². The van der Waals surface area contributed by atoms with E-state index in [1.54, 1.807) is 4.90 Å². The highest BCUT2D eigenvalue weighted by Gasteiger charge is 2.26. The monoisotopic (exact) mass is 266 g/mol. The minimum absolute atomic E-state index is 0.00442. The summed E-state index contributed by atoms with van der Waals surface area (Å²) < 4.78 is 12.7. The van der Waals surface area contributed by atoms with Crippen molar-refractivity contribution in [3.8, 4) is 0 Å². The Morgan fingerprint density at radius 3 is 2.68 bits per heavy atom. The van der Waals surface area contributed by atoms with Gasteiger partial charge in [-0.05, 0) is 25.0 Å². The van der Waals surface area contributed by atoms with Gasteiger partial charge >= 0.3 is 0 Å². The number of carbonyl (C=O) groups is 1. The zero-order valence-corrected chi connectivity index (χ0v) is 10.3. The zero-order valence-electron chi connectivity index (χ0n) is 10.3. The lowest BCUT2D eigenvalue weighted by Gasteiger charge is -2.31. The van der Waals surface area contributed by atoms with E-state index in [1.165, 1.54) is 12.1 Å². The van der Waals surface area contributed by atoms with Crippen LogP contribution in [-0.2, 0) is 0 Å². The number of oxime groups is 1. The summed E-state index contributed by atoms with van der Waals surface area (Å²) in [5.41, 5.74) is 5.77. The van der Waals surface area contributed by atoms with Crippen LogP contribution in [0.3, 0.4) is 0 Å². The third-order valence-electron chi connectivity index (χ3n) is 3.26. The maximum Gasteiger partial charge on any atom is 0.272 e. The lowest BCUT2D eigenvalue weighted by molar-refractivity contribution is 0.0703. The second kappa shape index (κ2) is 5.64. The number of halogens is 1. The molecule has 0 aromatic carbocycles. The van der Waals surface area contributed by atoms with E-state index >= 15 is 0 Å². The Morgan fingerprint density at radius 2 is 2.16 bits per heavy atom. The molecular weight excluding hydrogens is 251 g/mol. The molecule has 1 aliphatic rings. The first-order chi connectivity index (χ1) is 9.11. The van der Waals surface area contributed by atoms with Gasteiger partial charge in [0.25, 0.3) is 5.91 Å². The van der Waals surface area contributed by atoms with Gasteiger partial charge in [0.2, 0.25) is 0 Å². The zero-order chi connectivity index (χ0) is 13.8. The average Bonchev–Trinajstić information content (AvgIpc) is 2.46. The molecule has 7 heteroatoms. The van der Waals surface area contributed by atoms with Gasteiger partial charge in [-0.2, -0.15) is 0 Å². The van der Waals surface area contributed by atoms with Crippen molar-refractivity contribution in [3.05, 3.63) is 29.8 Å². The molecule has 0 aliphatic carbocycles. The first kappa shape index (κ1) is 13.3. The molecule has 0 atom stereocenters. The smallest absolute Gasteiger partial charge is 0.272 e. The summed E-state index contributed by atoms with van der Waals surface area (Å²) in [5, 5.41) is 11.6. The summed E-state index contributed by atoms with van der Waals surface area (Å²) >= 11 is 0. The molecule has 0 saturated carbocycles. The SMILES string of the molecule is N/C(=N/O)C1CCN(C(=O)c2ccc(F)cn2)CC1. The predicted molar refractivity (Wildman–Crippen MR) is 66.2 cm³/mol. The molecule has 1 amide bonds. The summed E-state index contributed by atoms with van der Waals surface area (Å²) in [6, 6.07) is 2.58. The van der Waals surface area contributed by atoms with Crippen LogP contribution in [-0.4, -0.2) is 39.9 Å². The van der Waals surface area contributed by atoms with E-state index in [0.717, 1.165) is 6.20 Å². The summed E-state index contributed by atoms with van der Waals surface area (Å²) in [4.78, 5) is 17.5. The molecule has 1 aromatic heterocycles. The largest absolute Gasteiger partial charge is 0.409 e. The molecule has 1 saturated heterocycles. The number of likely N-dealkylation sites (tertiary alicyclic amines) is 1. The Bertz CT molecular complexity index is 481. The Balaban J connectivity index is 1.98. The van der Waals surface area contributed by atoms with Crippen LogP contribution < -0.4 is 5.73 Å². The minimum Gasteiger partial charge on any atom is -0.409 e. The number of amides is 1. The number of nitrogens with two attached hydrogens (primary N) is 1. The molecule has 0 spiro atoms. The highest BCUT2D eigenvalue weighted by Crippen LogP contribution is 2.18. The molecule has 2 rings (SSSR count).